The normalized spacial score (nSPS) is 21.0. The van der Waals surface area contributed by atoms with Crippen LogP contribution in [0.2, 0.25) is 0 Å². The molecule has 0 aromatic heterocycles. The van der Waals surface area contributed by atoms with Crippen molar-refractivity contribution in [1.82, 2.24) is 0 Å². The number of benzene rings is 1. The van der Waals surface area contributed by atoms with Crippen molar-refractivity contribution in [3.05, 3.63) is 46.0 Å². The molecule has 0 fully saturated rings. The van der Waals surface area contributed by atoms with E-state index in [0.29, 0.717) is 0 Å². The third-order valence-corrected chi connectivity index (χ3v) is 3.60. The zero-order valence-corrected chi connectivity index (χ0v) is 12.5. The molecule has 22 heavy (non-hydrogen) atoms. The minimum absolute atomic E-state index is 0.0528. The van der Waals surface area contributed by atoms with E-state index in [4.69, 9.17) is 9.47 Å². The number of allylic oxidation sites excluding steroid dienone is 2. The first-order valence-corrected chi connectivity index (χ1v) is 7.33. The van der Waals surface area contributed by atoms with Crippen LogP contribution in [0.4, 0.5) is 10.5 Å². The Morgan fingerprint density at radius 3 is 2.68 bits per heavy atom. The van der Waals surface area contributed by atoms with Crippen LogP contribution in [0, 0.1) is 10.1 Å². The summed E-state index contributed by atoms with van der Waals surface area (Å²) in [6, 6.07) is 5.33. The van der Waals surface area contributed by atoms with Gasteiger partial charge in [0.05, 0.1) is 4.92 Å². The van der Waals surface area contributed by atoms with Crippen molar-refractivity contribution in [2.75, 3.05) is 0 Å². The SMILES string of the molecule is C/C1=C\CCC[C@@H](OC(=O)Oc2ccc([N+](=O)[O-])cc2)CC1. The molecule has 1 atom stereocenters. The molecule has 1 aromatic rings. The Morgan fingerprint density at radius 1 is 1.27 bits per heavy atom. The molecule has 0 heterocycles. The minimum Gasteiger partial charge on any atom is -0.431 e. The molecule has 0 saturated heterocycles. The number of carbonyl (C=O) groups is 1. The van der Waals surface area contributed by atoms with Crippen LogP contribution in [0.15, 0.2) is 35.9 Å². The van der Waals surface area contributed by atoms with E-state index in [0.717, 1.165) is 32.1 Å². The van der Waals surface area contributed by atoms with Crippen LogP contribution in [-0.4, -0.2) is 17.2 Å². The Bertz CT molecular complexity index is 564. The van der Waals surface area contributed by atoms with Gasteiger partial charge in [-0.25, -0.2) is 4.79 Å². The van der Waals surface area contributed by atoms with Gasteiger partial charge in [-0.05, 0) is 51.2 Å². The highest BCUT2D eigenvalue weighted by atomic mass is 16.7. The van der Waals surface area contributed by atoms with E-state index in [1.54, 1.807) is 0 Å². The molecule has 0 spiro atoms. The molecule has 2 rings (SSSR count). The number of rotatable bonds is 3. The Morgan fingerprint density at radius 2 is 2.00 bits per heavy atom. The van der Waals surface area contributed by atoms with Crippen molar-refractivity contribution in [2.45, 2.75) is 45.1 Å². The Balaban J connectivity index is 1.86. The molecule has 1 aliphatic rings. The number of hydrogen-bond donors (Lipinski definition) is 0. The second-order valence-corrected chi connectivity index (χ2v) is 5.36. The molecule has 0 unspecified atom stereocenters. The lowest BCUT2D eigenvalue weighted by molar-refractivity contribution is -0.384. The van der Waals surface area contributed by atoms with Gasteiger partial charge in [0.15, 0.2) is 0 Å². The summed E-state index contributed by atoms with van der Waals surface area (Å²) in [5.74, 6) is 0.234. The quantitative estimate of drug-likeness (QED) is 0.272. The van der Waals surface area contributed by atoms with E-state index >= 15 is 0 Å². The molecule has 6 nitrogen and oxygen atoms in total. The maximum atomic E-state index is 11.8. The molecule has 0 radical (unpaired) electrons. The number of ether oxygens (including phenoxy) is 2. The van der Waals surface area contributed by atoms with Crippen LogP contribution in [0.25, 0.3) is 0 Å². The highest BCUT2D eigenvalue weighted by Crippen LogP contribution is 2.21. The number of nitrogens with zero attached hydrogens (tertiary/aromatic N) is 1. The lowest BCUT2D eigenvalue weighted by Gasteiger charge is -2.19. The fraction of sp³-hybridized carbons (Fsp3) is 0.438. The zero-order chi connectivity index (χ0) is 15.9. The van der Waals surface area contributed by atoms with Crippen LogP contribution in [0.1, 0.15) is 39.0 Å². The molecule has 0 bridgehead atoms. The van der Waals surface area contributed by atoms with Crippen molar-refractivity contribution in [3.8, 4) is 5.75 Å². The maximum Gasteiger partial charge on any atom is 0.514 e. The average molecular weight is 305 g/mol. The summed E-state index contributed by atoms with van der Waals surface area (Å²) < 4.78 is 10.4. The van der Waals surface area contributed by atoms with Crippen LogP contribution >= 0.6 is 0 Å². The smallest absolute Gasteiger partial charge is 0.431 e. The number of hydrogen-bond acceptors (Lipinski definition) is 5. The van der Waals surface area contributed by atoms with E-state index in [2.05, 4.69) is 13.0 Å². The molecule has 118 valence electrons. The van der Waals surface area contributed by atoms with Crippen molar-refractivity contribution in [2.24, 2.45) is 0 Å². The van der Waals surface area contributed by atoms with Gasteiger partial charge >= 0.3 is 6.16 Å². The van der Waals surface area contributed by atoms with E-state index in [1.807, 2.05) is 0 Å². The summed E-state index contributed by atoms with van der Waals surface area (Å²) in [5, 5.41) is 10.6. The third-order valence-electron chi connectivity index (χ3n) is 3.60. The van der Waals surface area contributed by atoms with E-state index in [1.165, 1.54) is 29.8 Å². The van der Waals surface area contributed by atoms with Crippen LogP contribution < -0.4 is 4.74 Å². The standard InChI is InChI=1S/C16H19NO5/c1-12-4-2-3-5-14(9-6-12)21-16(18)22-15-10-7-13(8-11-15)17(19)20/h4,7-8,10-11,14H,2-3,5-6,9H2,1H3/b12-4+/t14-/m1/s1. The average Bonchev–Trinajstić information content (AvgIpc) is 2.47. The summed E-state index contributed by atoms with van der Waals surface area (Å²) in [6.07, 6.45) is 5.82. The van der Waals surface area contributed by atoms with Gasteiger partial charge in [-0.3, -0.25) is 10.1 Å². The molecule has 0 N–H and O–H groups in total. The topological polar surface area (TPSA) is 78.7 Å². The Labute approximate surface area is 128 Å². The zero-order valence-electron chi connectivity index (χ0n) is 12.5. The number of carbonyl (C=O) groups excluding carboxylic acids is 1. The third kappa shape index (κ3) is 4.87. The molecular weight excluding hydrogens is 286 g/mol. The Hall–Kier alpha value is -2.37. The van der Waals surface area contributed by atoms with E-state index < -0.39 is 11.1 Å². The van der Waals surface area contributed by atoms with Gasteiger partial charge in [0.1, 0.15) is 11.9 Å². The Kier molecular flexibility index (Phi) is 5.52. The molecule has 0 saturated carbocycles. The second-order valence-electron chi connectivity index (χ2n) is 5.36. The van der Waals surface area contributed by atoms with Gasteiger partial charge in [-0.15, -0.1) is 0 Å². The molecule has 6 heteroatoms. The first kappa shape index (κ1) is 16.0. The largest absolute Gasteiger partial charge is 0.514 e. The highest BCUT2D eigenvalue weighted by molar-refractivity contribution is 5.64. The van der Waals surface area contributed by atoms with Gasteiger partial charge in [0.2, 0.25) is 0 Å². The summed E-state index contributed by atoms with van der Waals surface area (Å²) in [5.41, 5.74) is 1.26. The predicted molar refractivity (Wildman–Crippen MR) is 80.8 cm³/mol. The summed E-state index contributed by atoms with van der Waals surface area (Å²) in [7, 11) is 0. The second kappa shape index (κ2) is 7.59. The lowest BCUT2D eigenvalue weighted by atomic mass is 9.99. The maximum absolute atomic E-state index is 11.8. The minimum atomic E-state index is -0.763. The van der Waals surface area contributed by atoms with Gasteiger partial charge in [-0.2, -0.15) is 0 Å². The van der Waals surface area contributed by atoms with Crippen molar-refractivity contribution >= 4 is 11.8 Å². The van der Waals surface area contributed by atoms with Crippen LogP contribution in [0.5, 0.6) is 5.75 Å². The molecular formula is C16H19NO5. The van der Waals surface area contributed by atoms with Crippen molar-refractivity contribution in [3.63, 3.8) is 0 Å². The van der Waals surface area contributed by atoms with Gasteiger partial charge in [0.25, 0.3) is 5.69 Å². The van der Waals surface area contributed by atoms with Crippen LogP contribution in [-0.2, 0) is 4.74 Å². The first-order chi connectivity index (χ1) is 10.5. The van der Waals surface area contributed by atoms with Gasteiger partial charge < -0.3 is 9.47 Å². The fourth-order valence-electron chi connectivity index (χ4n) is 2.34. The van der Waals surface area contributed by atoms with Gasteiger partial charge in [0, 0.05) is 12.1 Å². The molecule has 0 aliphatic heterocycles. The molecule has 0 amide bonds. The summed E-state index contributed by atoms with van der Waals surface area (Å²) in [6.45, 7) is 2.08. The molecule has 1 aromatic carbocycles. The van der Waals surface area contributed by atoms with Crippen LogP contribution in [0.3, 0.4) is 0 Å². The first-order valence-electron chi connectivity index (χ1n) is 7.33. The summed E-state index contributed by atoms with van der Waals surface area (Å²) >= 11 is 0. The lowest BCUT2D eigenvalue weighted by Crippen LogP contribution is -2.21. The van der Waals surface area contributed by atoms with Gasteiger partial charge in [-0.1, -0.05) is 11.6 Å². The summed E-state index contributed by atoms with van der Waals surface area (Å²) in [4.78, 5) is 21.8. The molecule has 1 aliphatic carbocycles. The highest BCUT2D eigenvalue weighted by Gasteiger charge is 2.17. The number of non-ortho nitro benzene ring substituents is 1. The fourth-order valence-corrected chi connectivity index (χ4v) is 2.34. The monoisotopic (exact) mass is 305 g/mol. The number of nitro groups is 1. The van der Waals surface area contributed by atoms with E-state index in [-0.39, 0.29) is 17.5 Å². The van der Waals surface area contributed by atoms with E-state index in [9.17, 15) is 14.9 Å². The predicted octanol–water partition coefficient (Wildman–Crippen LogP) is 4.39. The number of nitro benzene ring substituents is 1. The van der Waals surface area contributed by atoms with Crippen molar-refractivity contribution in [1.29, 1.82) is 0 Å². The van der Waals surface area contributed by atoms with Crippen molar-refractivity contribution < 1.29 is 19.2 Å².